The van der Waals surface area contributed by atoms with Crippen molar-refractivity contribution in [1.29, 1.82) is 0 Å². The lowest BCUT2D eigenvalue weighted by atomic mass is 9.98. The maximum atomic E-state index is 11.9. The first-order valence-electron chi connectivity index (χ1n) is 8.77. The van der Waals surface area contributed by atoms with Gasteiger partial charge in [0.1, 0.15) is 5.82 Å². The monoisotopic (exact) mass is 326 g/mol. The van der Waals surface area contributed by atoms with Gasteiger partial charge in [0.15, 0.2) is 0 Å². The van der Waals surface area contributed by atoms with Crippen molar-refractivity contribution in [2.24, 2.45) is 5.92 Å². The molecule has 5 rings (SSSR count). The van der Waals surface area contributed by atoms with Crippen LogP contribution in [-0.2, 0) is 11.2 Å². The largest absolute Gasteiger partial charge is 0.310 e. The summed E-state index contributed by atoms with van der Waals surface area (Å²) in [7, 11) is 0. The van der Waals surface area contributed by atoms with Crippen LogP contribution < -0.4 is 5.32 Å². The van der Waals surface area contributed by atoms with E-state index < -0.39 is 0 Å². The second-order valence-electron chi connectivity index (χ2n) is 6.92. The molecule has 1 saturated carbocycles. The minimum Gasteiger partial charge on any atom is -0.310 e. The van der Waals surface area contributed by atoms with E-state index in [0.29, 0.717) is 5.82 Å². The molecule has 0 atom stereocenters. The number of amides is 1. The number of fused-ring (bicyclic) bond motifs is 2. The van der Waals surface area contributed by atoms with E-state index in [1.54, 1.807) is 0 Å². The molecule has 0 radical (unpaired) electrons. The molecule has 2 aliphatic carbocycles. The molecule has 3 aromatic rings. The Hall–Kier alpha value is -2.94. The number of nitrogens with zero attached hydrogens (tertiary/aromatic N) is 1. The van der Waals surface area contributed by atoms with E-state index in [-0.39, 0.29) is 11.8 Å². The number of rotatable bonds is 3. The predicted octanol–water partition coefficient (Wildman–Crippen LogP) is 4.82. The molecule has 1 amide bonds. The zero-order valence-corrected chi connectivity index (χ0v) is 13.8. The lowest BCUT2D eigenvalue weighted by Crippen LogP contribution is -2.14. The minimum absolute atomic E-state index is 0.0923. The third-order valence-electron chi connectivity index (χ3n) is 5.04. The Labute approximate surface area is 146 Å². The van der Waals surface area contributed by atoms with Crippen LogP contribution in [0.4, 0.5) is 5.82 Å². The number of carbonyl (C=O) groups excluding carboxylic acids is 1. The quantitative estimate of drug-likeness (QED) is 0.750. The number of carbonyl (C=O) groups is 1. The molecule has 0 saturated heterocycles. The first-order valence-corrected chi connectivity index (χ1v) is 8.77. The zero-order chi connectivity index (χ0) is 16.8. The van der Waals surface area contributed by atoms with Gasteiger partial charge in [-0.3, -0.25) is 4.79 Å². The third-order valence-corrected chi connectivity index (χ3v) is 5.04. The molecular weight excluding hydrogens is 308 g/mol. The fourth-order valence-corrected chi connectivity index (χ4v) is 3.39. The lowest BCUT2D eigenvalue weighted by Gasteiger charge is -2.08. The van der Waals surface area contributed by atoms with Crippen LogP contribution in [0.5, 0.6) is 0 Å². The van der Waals surface area contributed by atoms with Gasteiger partial charge in [-0.25, -0.2) is 4.98 Å². The fourth-order valence-electron chi connectivity index (χ4n) is 3.39. The molecule has 1 fully saturated rings. The van der Waals surface area contributed by atoms with Crippen molar-refractivity contribution in [3.05, 3.63) is 65.9 Å². The Balaban J connectivity index is 1.47. The highest BCUT2D eigenvalue weighted by Gasteiger charge is 2.29. The van der Waals surface area contributed by atoms with Crippen molar-refractivity contribution in [3.8, 4) is 11.1 Å². The van der Waals surface area contributed by atoms with Gasteiger partial charge < -0.3 is 5.32 Å². The van der Waals surface area contributed by atoms with Crippen molar-refractivity contribution in [2.45, 2.75) is 19.3 Å². The summed E-state index contributed by atoms with van der Waals surface area (Å²) in [4.78, 5) is 16.3. The summed E-state index contributed by atoms with van der Waals surface area (Å²) >= 11 is 0. The Morgan fingerprint density at radius 3 is 2.72 bits per heavy atom. The van der Waals surface area contributed by atoms with E-state index in [2.05, 4.69) is 58.9 Å². The molecule has 2 aromatic carbocycles. The van der Waals surface area contributed by atoms with Gasteiger partial charge in [0.2, 0.25) is 5.91 Å². The van der Waals surface area contributed by atoms with Crippen molar-refractivity contribution in [2.75, 3.05) is 5.32 Å². The second kappa shape index (κ2) is 5.55. The fraction of sp³-hybridized carbons (Fsp3) is 0.182. The van der Waals surface area contributed by atoms with Gasteiger partial charge in [0.25, 0.3) is 0 Å². The number of hydrogen-bond donors (Lipinski definition) is 1. The normalized spacial score (nSPS) is 15.4. The highest BCUT2D eigenvalue weighted by molar-refractivity contribution is 5.96. The summed E-state index contributed by atoms with van der Waals surface area (Å²) in [6.45, 7) is 0. The highest BCUT2D eigenvalue weighted by atomic mass is 16.2. The summed E-state index contributed by atoms with van der Waals surface area (Å²) in [5, 5.41) is 5.08. The molecular formula is C22H18N2O. The number of anilines is 1. The van der Waals surface area contributed by atoms with E-state index in [4.69, 9.17) is 0 Å². The Bertz CT molecular complexity index is 1030. The summed E-state index contributed by atoms with van der Waals surface area (Å²) in [6, 6.07) is 15.0. The van der Waals surface area contributed by atoms with Gasteiger partial charge in [-0.2, -0.15) is 0 Å². The number of aromatic nitrogens is 1. The molecule has 0 bridgehead atoms. The Morgan fingerprint density at radius 2 is 1.84 bits per heavy atom. The average molecular weight is 326 g/mol. The number of allylic oxidation sites excluding steroid dienone is 1. The Morgan fingerprint density at radius 1 is 1.00 bits per heavy atom. The predicted molar refractivity (Wildman–Crippen MR) is 101 cm³/mol. The van der Waals surface area contributed by atoms with E-state index >= 15 is 0 Å². The number of nitrogens with one attached hydrogen (secondary N) is 1. The van der Waals surface area contributed by atoms with Crippen LogP contribution in [0.15, 0.2) is 54.7 Å². The molecule has 3 nitrogen and oxygen atoms in total. The SMILES string of the molecule is O=C(Nc1cc2ccc(-c3ccc4c(c3)C=CC4)cc2cn1)C1CC1. The van der Waals surface area contributed by atoms with Gasteiger partial charge in [-0.15, -0.1) is 0 Å². The molecule has 1 heterocycles. The van der Waals surface area contributed by atoms with Gasteiger partial charge in [-0.05, 0) is 65.1 Å². The maximum absolute atomic E-state index is 11.9. The van der Waals surface area contributed by atoms with Crippen molar-refractivity contribution in [3.63, 3.8) is 0 Å². The van der Waals surface area contributed by atoms with Gasteiger partial charge in [-0.1, -0.05) is 36.4 Å². The first kappa shape index (κ1) is 14.4. The molecule has 1 N–H and O–H groups in total. The molecule has 0 spiro atoms. The molecule has 122 valence electrons. The van der Waals surface area contributed by atoms with Gasteiger partial charge in [0.05, 0.1) is 0 Å². The molecule has 0 aliphatic heterocycles. The zero-order valence-electron chi connectivity index (χ0n) is 13.8. The van der Waals surface area contributed by atoms with Crippen molar-refractivity contribution < 1.29 is 4.79 Å². The standard InChI is InChI=1S/C22H18N2O/c25-22(15-5-6-15)24-21-12-19-9-8-18(11-20(19)13-23-21)17-7-4-14-2-1-3-16(14)10-17/h1,3-4,7-13,15H,2,5-6H2,(H,23,24,25). The molecule has 1 aromatic heterocycles. The van der Waals surface area contributed by atoms with E-state index in [1.165, 1.54) is 22.3 Å². The molecule has 0 unspecified atom stereocenters. The summed E-state index contributed by atoms with van der Waals surface area (Å²) in [5.74, 6) is 0.920. The smallest absolute Gasteiger partial charge is 0.228 e. The molecule has 25 heavy (non-hydrogen) atoms. The second-order valence-corrected chi connectivity index (χ2v) is 6.92. The minimum atomic E-state index is 0.0923. The van der Waals surface area contributed by atoms with Crippen molar-refractivity contribution >= 4 is 28.6 Å². The van der Waals surface area contributed by atoms with E-state index in [9.17, 15) is 4.79 Å². The van der Waals surface area contributed by atoms with E-state index in [0.717, 1.165) is 30.0 Å². The van der Waals surface area contributed by atoms with Gasteiger partial charge >= 0.3 is 0 Å². The number of pyridine rings is 1. The summed E-state index contributed by atoms with van der Waals surface area (Å²) in [5.41, 5.74) is 5.11. The van der Waals surface area contributed by atoms with Crippen LogP contribution in [0.25, 0.3) is 28.0 Å². The van der Waals surface area contributed by atoms with Crippen LogP contribution >= 0.6 is 0 Å². The summed E-state index contributed by atoms with van der Waals surface area (Å²) in [6.07, 6.45) is 9.27. The number of hydrogen-bond acceptors (Lipinski definition) is 2. The number of benzene rings is 2. The van der Waals surface area contributed by atoms with Crippen LogP contribution in [0, 0.1) is 5.92 Å². The first-order chi connectivity index (χ1) is 12.3. The van der Waals surface area contributed by atoms with Crippen LogP contribution in [0.3, 0.4) is 0 Å². The van der Waals surface area contributed by atoms with E-state index in [1.807, 2.05) is 12.3 Å². The van der Waals surface area contributed by atoms with Crippen LogP contribution in [0.1, 0.15) is 24.0 Å². The molecule has 3 heteroatoms. The van der Waals surface area contributed by atoms with Gasteiger partial charge in [0, 0.05) is 17.5 Å². The highest BCUT2D eigenvalue weighted by Crippen LogP contribution is 2.31. The lowest BCUT2D eigenvalue weighted by molar-refractivity contribution is -0.117. The Kier molecular flexibility index (Phi) is 3.20. The van der Waals surface area contributed by atoms with Crippen LogP contribution in [0.2, 0.25) is 0 Å². The average Bonchev–Trinajstić information content (AvgIpc) is 3.39. The summed E-state index contributed by atoms with van der Waals surface area (Å²) < 4.78 is 0. The topological polar surface area (TPSA) is 42.0 Å². The third kappa shape index (κ3) is 2.72. The maximum Gasteiger partial charge on any atom is 0.228 e. The van der Waals surface area contributed by atoms with Crippen LogP contribution in [-0.4, -0.2) is 10.9 Å². The van der Waals surface area contributed by atoms with Crippen molar-refractivity contribution in [1.82, 2.24) is 4.98 Å². The molecule has 2 aliphatic rings.